The number of halogens is 1. The molecule has 6 heteroatoms. The van der Waals surface area contributed by atoms with Crippen molar-refractivity contribution in [2.24, 2.45) is 0 Å². The zero-order valence-electron chi connectivity index (χ0n) is 16.4. The number of ether oxygens (including phenoxy) is 1. The fourth-order valence-corrected chi connectivity index (χ4v) is 2.95. The first kappa shape index (κ1) is 21.6. The van der Waals surface area contributed by atoms with Crippen LogP contribution >= 0.6 is 0 Å². The van der Waals surface area contributed by atoms with Gasteiger partial charge in [0.25, 0.3) is 0 Å². The van der Waals surface area contributed by atoms with E-state index in [2.05, 4.69) is 5.32 Å². The number of methoxy groups -OCH3 is 1. The molecule has 0 aliphatic rings. The van der Waals surface area contributed by atoms with Crippen molar-refractivity contribution in [3.8, 4) is 0 Å². The van der Waals surface area contributed by atoms with E-state index >= 15 is 0 Å². The van der Waals surface area contributed by atoms with Crippen LogP contribution in [0.15, 0.2) is 54.6 Å². The van der Waals surface area contributed by atoms with Crippen LogP contribution in [0.1, 0.15) is 36.9 Å². The van der Waals surface area contributed by atoms with Gasteiger partial charge in [0.05, 0.1) is 0 Å². The van der Waals surface area contributed by atoms with E-state index in [-0.39, 0.29) is 30.6 Å². The van der Waals surface area contributed by atoms with E-state index in [0.29, 0.717) is 19.6 Å². The Labute approximate surface area is 165 Å². The van der Waals surface area contributed by atoms with Crippen molar-refractivity contribution in [1.29, 1.82) is 0 Å². The topological polar surface area (TPSA) is 58.6 Å². The molecule has 28 heavy (non-hydrogen) atoms. The Morgan fingerprint density at radius 1 is 1.11 bits per heavy atom. The fourth-order valence-electron chi connectivity index (χ4n) is 2.95. The van der Waals surface area contributed by atoms with Crippen LogP contribution in [-0.2, 0) is 20.9 Å². The van der Waals surface area contributed by atoms with Crippen molar-refractivity contribution >= 4 is 11.8 Å². The van der Waals surface area contributed by atoms with Gasteiger partial charge in [-0.05, 0) is 29.7 Å². The van der Waals surface area contributed by atoms with E-state index in [1.165, 1.54) is 12.1 Å². The maximum absolute atomic E-state index is 13.2. The van der Waals surface area contributed by atoms with Crippen molar-refractivity contribution in [3.05, 3.63) is 71.5 Å². The second-order valence-corrected chi connectivity index (χ2v) is 6.45. The molecular weight excluding hydrogens is 359 g/mol. The lowest BCUT2D eigenvalue weighted by Crippen LogP contribution is -2.43. The Kier molecular flexibility index (Phi) is 8.62. The molecule has 1 N–H and O–H groups in total. The smallest absolute Gasteiger partial charge is 0.247 e. The third-order valence-electron chi connectivity index (χ3n) is 4.39. The first-order chi connectivity index (χ1) is 13.6. The average molecular weight is 386 g/mol. The molecule has 1 atom stereocenters. The number of hydrogen-bond donors (Lipinski definition) is 1. The highest BCUT2D eigenvalue weighted by Crippen LogP contribution is 2.24. The Morgan fingerprint density at radius 2 is 1.79 bits per heavy atom. The van der Waals surface area contributed by atoms with Crippen LogP contribution in [0.2, 0.25) is 0 Å². The second kappa shape index (κ2) is 11.2. The highest BCUT2D eigenvalue weighted by Gasteiger charge is 2.30. The lowest BCUT2D eigenvalue weighted by Gasteiger charge is -2.31. The Bertz CT molecular complexity index is 750. The summed E-state index contributed by atoms with van der Waals surface area (Å²) in [6.07, 6.45) is 0.949. The van der Waals surface area contributed by atoms with Crippen molar-refractivity contribution in [1.82, 2.24) is 10.2 Å². The molecule has 0 unspecified atom stereocenters. The van der Waals surface area contributed by atoms with E-state index in [1.807, 2.05) is 30.3 Å². The number of nitrogens with one attached hydrogen (secondary N) is 1. The number of nitrogens with zero attached hydrogens (tertiary/aromatic N) is 1. The quantitative estimate of drug-likeness (QED) is 0.636. The van der Waals surface area contributed by atoms with Crippen LogP contribution in [0.25, 0.3) is 0 Å². The summed E-state index contributed by atoms with van der Waals surface area (Å²) in [6, 6.07) is 14.4. The maximum atomic E-state index is 13.2. The summed E-state index contributed by atoms with van der Waals surface area (Å²) in [5.74, 6) is -0.732. The second-order valence-electron chi connectivity index (χ2n) is 6.45. The molecule has 0 aliphatic carbocycles. The minimum Gasteiger partial charge on any atom is -0.385 e. The first-order valence-corrected chi connectivity index (χ1v) is 9.42. The van der Waals surface area contributed by atoms with Crippen LogP contribution in [0, 0.1) is 5.82 Å². The standard InChI is InChI=1S/C22H27FN2O3/c1-3-20(26)25(16-17-10-12-19(23)13-11-17)21(18-8-5-4-6-9-18)22(27)24-14-7-15-28-2/h4-6,8-13,21H,3,7,14-16H2,1-2H3,(H,24,27)/t21-/m1/s1. The lowest BCUT2D eigenvalue weighted by molar-refractivity contribution is -0.141. The number of benzene rings is 2. The normalized spacial score (nSPS) is 11.7. The van der Waals surface area contributed by atoms with E-state index in [0.717, 1.165) is 11.1 Å². The first-order valence-electron chi connectivity index (χ1n) is 9.42. The molecule has 0 heterocycles. The van der Waals surface area contributed by atoms with Crippen molar-refractivity contribution < 1.29 is 18.7 Å². The average Bonchev–Trinajstić information content (AvgIpc) is 2.72. The van der Waals surface area contributed by atoms with Crippen molar-refractivity contribution in [2.45, 2.75) is 32.4 Å². The van der Waals surface area contributed by atoms with E-state index in [1.54, 1.807) is 31.1 Å². The summed E-state index contributed by atoms with van der Waals surface area (Å²) in [7, 11) is 1.61. The number of carbonyl (C=O) groups is 2. The Balaban J connectivity index is 2.30. The number of hydrogen-bond acceptors (Lipinski definition) is 3. The lowest BCUT2D eigenvalue weighted by atomic mass is 10.0. The molecular formula is C22H27FN2O3. The molecule has 2 aromatic carbocycles. The molecule has 2 aromatic rings. The van der Waals surface area contributed by atoms with Crippen molar-refractivity contribution in [2.75, 3.05) is 20.3 Å². The molecule has 0 aliphatic heterocycles. The fraction of sp³-hybridized carbons (Fsp3) is 0.364. The molecule has 0 bridgehead atoms. The molecule has 0 saturated carbocycles. The Morgan fingerprint density at radius 3 is 2.39 bits per heavy atom. The predicted molar refractivity (Wildman–Crippen MR) is 106 cm³/mol. The number of carbonyl (C=O) groups excluding carboxylic acids is 2. The van der Waals surface area contributed by atoms with E-state index < -0.39 is 6.04 Å². The van der Waals surface area contributed by atoms with Crippen LogP contribution < -0.4 is 5.32 Å². The van der Waals surface area contributed by atoms with Gasteiger partial charge in [-0.15, -0.1) is 0 Å². The van der Waals surface area contributed by atoms with E-state index in [4.69, 9.17) is 4.74 Å². The summed E-state index contributed by atoms with van der Waals surface area (Å²) >= 11 is 0. The van der Waals surface area contributed by atoms with Crippen LogP contribution in [-0.4, -0.2) is 37.0 Å². The summed E-state index contributed by atoms with van der Waals surface area (Å²) in [5, 5.41) is 2.90. The van der Waals surface area contributed by atoms with Crippen molar-refractivity contribution in [3.63, 3.8) is 0 Å². The minimum absolute atomic E-state index is 0.148. The third kappa shape index (κ3) is 6.16. The number of amides is 2. The molecule has 2 amide bonds. The maximum Gasteiger partial charge on any atom is 0.247 e. The van der Waals surface area contributed by atoms with Crippen LogP contribution in [0.3, 0.4) is 0 Å². The molecule has 0 fully saturated rings. The molecule has 5 nitrogen and oxygen atoms in total. The monoisotopic (exact) mass is 386 g/mol. The molecule has 0 radical (unpaired) electrons. The Hall–Kier alpha value is -2.73. The van der Waals surface area contributed by atoms with Gasteiger partial charge >= 0.3 is 0 Å². The van der Waals surface area contributed by atoms with Gasteiger partial charge < -0.3 is 15.0 Å². The molecule has 0 aromatic heterocycles. The summed E-state index contributed by atoms with van der Waals surface area (Å²) in [5.41, 5.74) is 1.49. The van der Waals surface area contributed by atoms with E-state index in [9.17, 15) is 14.0 Å². The summed E-state index contributed by atoms with van der Waals surface area (Å²) < 4.78 is 18.3. The van der Waals surface area contributed by atoms with Crippen LogP contribution in [0.4, 0.5) is 4.39 Å². The zero-order valence-corrected chi connectivity index (χ0v) is 16.4. The molecule has 0 saturated heterocycles. The SMILES string of the molecule is CCC(=O)N(Cc1ccc(F)cc1)[C@@H](C(=O)NCCCOC)c1ccccc1. The molecule has 0 spiro atoms. The van der Waals surface area contributed by atoms with Gasteiger partial charge in [0.15, 0.2) is 0 Å². The van der Waals surface area contributed by atoms with Gasteiger partial charge in [-0.3, -0.25) is 9.59 Å². The van der Waals surface area contributed by atoms with Crippen LogP contribution in [0.5, 0.6) is 0 Å². The molecule has 150 valence electrons. The van der Waals surface area contributed by atoms with Gasteiger partial charge in [0.1, 0.15) is 11.9 Å². The van der Waals surface area contributed by atoms with Gasteiger partial charge in [0.2, 0.25) is 11.8 Å². The minimum atomic E-state index is -0.763. The largest absolute Gasteiger partial charge is 0.385 e. The van der Waals surface area contributed by atoms with Gasteiger partial charge in [0, 0.05) is 33.2 Å². The van der Waals surface area contributed by atoms with Gasteiger partial charge in [-0.25, -0.2) is 4.39 Å². The highest BCUT2D eigenvalue weighted by molar-refractivity contribution is 5.88. The van der Waals surface area contributed by atoms with Gasteiger partial charge in [-0.1, -0.05) is 49.4 Å². The summed E-state index contributed by atoms with van der Waals surface area (Å²) in [4.78, 5) is 27.3. The third-order valence-corrected chi connectivity index (χ3v) is 4.39. The van der Waals surface area contributed by atoms with Gasteiger partial charge in [-0.2, -0.15) is 0 Å². The number of rotatable bonds is 10. The predicted octanol–water partition coefficient (Wildman–Crippen LogP) is 3.46. The molecule has 2 rings (SSSR count). The summed E-state index contributed by atoms with van der Waals surface area (Å²) in [6.45, 7) is 2.99. The highest BCUT2D eigenvalue weighted by atomic mass is 19.1. The zero-order chi connectivity index (χ0) is 20.4.